The third-order valence-electron chi connectivity index (χ3n) is 4.94. The van der Waals surface area contributed by atoms with Crippen molar-refractivity contribution < 1.29 is 14.3 Å². The van der Waals surface area contributed by atoms with E-state index in [-0.39, 0.29) is 5.91 Å². The van der Waals surface area contributed by atoms with Crippen LogP contribution < -0.4 is 9.47 Å². The van der Waals surface area contributed by atoms with Gasteiger partial charge in [-0.25, -0.2) is 0 Å². The highest BCUT2D eigenvalue weighted by atomic mass is 32.2. The van der Waals surface area contributed by atoms with Crippen molar-refractivity contribution in [2.24, 2.45) is 0 Å². The summed E-state index contributed by atoms with van der Waals surface area (Å²) in [6.45, 7) is 3.72. The maximum Gasteiger partial charge on any atom is 0.266 e. The lowest BCUT2D eigenvalue weighted by Crippen LogP contribution is -2.27. The number of amides is 1. The van der Waals surface area contributed by atoms with Crippen LogP contribution >= 0.6 is 24.0 Å². The van der Waals surface area contributed by atoms with Crippen molar-refractivity contribution in [3.05, 3.63) is 65.2 Å². The van der Waals surface area contributed by atoms with Crippen LogP contribution in [0.1, 0.15) is 12.5 Å². The average molecular weight is 439 g/mol. The highest BCUT2D eigenvalue weighted by Gasteiger charge is 2.30. The van der Waals surface area contributed by atoms with Gasteiger partial charge in [-0.1, -0.05) is 48.2 Å². The zero-order valence-electron chi connectivity index (χ0n) is 16.8. The molecule has 7 heteroatoms. The molecule has 0 unspecified atom stereocenters. The second kappa shape index (κ2) is 8.93. The minimum absolute atomic E-state index is 0.0225. The fraction of sp³-hybridized carbons (Fsp3) is 0.217. The Balaban J connectivity index is 1.56. The van der Waals surface area contributed by atoms with Crippen molar-refractivity contribution in [2.45, 2.75) is 13.5 Å². The Morgan fingerprint density at radius 3 is 2.70 bits per heavy atom. The van der Waals surface area contributed by atoms with Crippen LogP contribution in [0.3, 0.4) is 0 Å². The number of likely N-dealkylation sites (N-methyl/N-ethyl adjacent to an activating group) is 1. The van der Waals surface area contributed by atoms with Gasteiger partial charge < -0.3 is 14.0 Å². The summed E-state index contributed by atoms with van der Waals surface area (Å²) in [5.41, 5.74) is 2.10. The van der Waals surface area contributed by atoms with Crippen molar-refractivity contribution >= 4 is 51.2 Å². The van der Waals surface area contributed by atoms with E-state index < -0.39 is 0 Å². The van der Waals surface area contributed by atoms with Gasteiger partial charge >= 0.3 is 0 Å². The normalized spacial score (nSPS) is 15.4. The molecule has 0 saturated carbocycles. The van der Waals surface area contributed by atoms with Gasteiger partial charge in [0.25, 0.3) is 5.91 Å². The first-order valence-corrected chi connectivity index (χ1v) is 10.9. The second-order valence-electron chi connectivity index (χ2n) is 6.75. The minimum Gasteiger partial charge on any atom is -0.497 e. The number of fused-ring (bicyclic) bond motifs is 1. The minimum atomic E-state index is -0.0225. The van der Waals surface area contributed by atoms with Crippen LogP contribution in [-0.4, -0.2) is 40.0 Å². The van der Waals surface area contributed by atoms with Crippen LogP contribution in [0.2, 0.25) is 0 Å². The number of para-hydroxylation sites is 1. The van der Waals surface area contributed by atoms with Gasteiger partial charge in [0, 0.05) is 35.3 Å². The van der Waals surface area contributed by atoms with Gasteiger partial charge in [0.1, 0.15) is 22.4 Å². The molecule has 1 aliphatic rings. The summed E-state index contributed by atoms with van der Waals surface area (Å²) in [6.07, 6.45) is 4.01. The number of benzene rings is 2. The van der Waals surface area contributed by atoms with E-state index in [2.05, 4.69) is 22.9 Å². The van der Waals surface area contributed by atoms with Crippen LogP contribution in [0.15, 0.2) is 59.6 Å². The van der Waals surface area contributed by atoms with Crippen molar-refractivity contribution in [3.63, 3.8) is 0 Å². The van der Waals surface area contributed by atoms with Crippen molar-refractivity contribution in [1.82, 2.24) is 9.47 Å². The molecular formula is C23H22N2O3S2. The van der Waals surface area contributed by atoms with Crippen molar-refractivity contribution in [2.75, 3.05) is 20.3 Å². The van der Waals surface area contributed by atoms with Gasteiger partial charge in [0.05, 0.1) is 18.6 Å². The molecule has 0 spiro atoms. The molecule has 2 heterocycles. The molecule has 3 aromatic rings. The zero-order valence-corrected chi connectivity index (χ0v) is 18.5. The third kappa shape index (κ3) is 4.08. The first-order valence-electron chi connectivity index (χ1n) is 9.70. The highest BCUT2D eigenvalue weighted by Crippen LogP contribution is 2.34. The number of nitrogens with zero attached hydrogens (tertiary/aromatic N) is 2. The Labute approximate surface area is 185 Å². The topological polar surface area (TPSA) is 43.7 Å². The molecule has 1 aliphatic heterocycles. The zero-order chi connectivity index (χ0) is 21.1. The number of thioether (sulfide) groups is 1. The molecule has 154 valence electrons. The Morgan fingerprint density at radius 2 is 1.93 bits per heavy atom. The van der Waals surface area contributed by atoms with Crippen molar-refractivity contribution in [1.29, 1.82) is 0 Å². The van der Waals surface area contributed by atoms with Crippen LogP contribution in [0.5, 0.6) is 11.5 Å². The molecule has 5 nitrogen and oxygen atoms in total. The van der Waals surface area contributed by atoms with Gasteiger partial charge in [0.15, 0.2) is 0 Å². The van der Waals surface area contributed by atoms with Crippen LogP contribution in [0.25, 0.3) is 17.0 Å². The fourth-order valence-corrected chi connectivity index (χ4v) is 4.82. The van der Waals surface area contributed by atoms with Gasteiger partial charge in [0.2, 0.25) is 0 Å². The Morgan fingerprint density at radius 1 is 1.13 bits per heavy atom. The van der Waals surface area contributed by atoms with E-state index in [0.29, 0.717) is 28.9 Å². The lowest BCUT2D eigenvalue weighted by molar-refractivity contribution is -0.121. The van der Waals surface area contributed by atoms with E-state index in [1.54, 1.807) is 12.0 Å². The Bertz CT molecular complexity index is 1140. The summed E-state index contributed by atoms with van der Waals surface area (Å²) >= 11 is 6.69. The monoisotopic (exact) mass is 438 g/mol. The molecule has 2 aromatic carbocycles. The number of ether oxygens (including phenoxy) is 2. The summed E-state index contributed by atoms with van der Waals surface area (Å²) in [7, 11) is 1.64. The fourth-order valence-electron chi connectivity index (χ4n) is 3.44. The standard InChI is InChI=1S/C23H22N2O3S2/c1-3-25-22(26)21(30-23(25)29)13-16-15-24(20-10-5-4-9-19(16)20)11-12-28-18-8-6-7-17(14-18)27-2/h4-10,13-15H,3,11-12H2,1-2H3/b21-13-. The number of rotatable bonds is 7. The predicted octanol–water partition coefficient (Wildman–Crippen LogP) is 4.95. The van der Waals surface area contributed by atoms with E-state index in [0.717, 1.165) is 28.0 Å². The maximum atomic E-state index is 12.6. The summed E-state index contributed by atoms with van der Waals surface area (Å²) in [5, 5.41) is 1.10. The smallest absolute Gasteiger partial charge is 0.266 e. The summed E-state index contributed by atoms with van der Waals surface area (Å²) in [5.74, 6) is 1.52. The van der Waals surface area contributed by atoms with Gasteiger partial charge in [-0.05, 0) is 31.2 Å². The number of methoxy groups -OCH3 is 1. The van der Waals surface area contributed by atoms with E-state index in [9.17, 15) is 4.79 Å². The second-order valence-corrected chi connectivity index (χ2v) is 8.42. The number of hydrogen-bond acceptors (Lipinski definition) is 5. The predicted molar refractivity (Wildman–Crippen MR) is 126 cm³/mol. The molecular weight excluding hydrogens is 416 g/mol. The number of carbonyl (C=O) groups is 1. The van der Waals surface area contributed by atoms with Gasteiger partial charge in [-0.3, -0.25) is 9.69 Å². The number of thiocarbonyl (C=S) groups is 1. The van der Waals surface area contributed by atoms with E-state index in [4.69, 9.17) is 21.7 Å². The quantitative estimate of drug-likeness (QED) is 0.386. The number of carbonyl (C=O) groups excluding carboxylic acids is 1. The first kappa shape index (κ1) is 20.5. The van der Waals surface area contributed by atoms with Gasteiger partial charge in [-0.15, -0.1) is 0 Å². The van der Waals surface area contributed by atoms with Crippen LogP contribution in [0, 0.1) is 0 Å². The molecule has 1 amide bonds. The molecule has 0 atom stereocenters. The summed E-state index contributed by atoms with van der Waals surface area (Å²) in [6, 6.07) is 15.8. The number of aromatic nitrogens is 1. The molecule has 1 saturated heterocycles. The average Bonchev–Trinajstić information content (AvgIpc) is 3.25. The summed E-state index contributed by atoms with van der Waals surface area (Å²) < 4.78 is 13.9. The molecule has 4 rings (SSSR count). The molecule has 30 heavy (non-hydrogen) atoms. The lowest BCUT2D eigenvalue weighted by atomic mass is 10.1. The molecule has 0 aliphatic carbocycles. The third-order valence-corrected chi connectivity index (χ3v) is 6.32. The molecule has 0 bridgehead atoms. The number of hydrogen-bond donors (Lipinski definition) is 0. The largest absolute Gasteiger partial charge is 0.497 e. The van der Waals surface area contributed by atoms with E-state index >= 15 is 0 Å². The molecule has 0 radical (unpaired) electrons. The Hall–Kier alpha value is -2.77. The maximum absolute atomic E-state index is 12.6. The lowest BCUT2D eigenvalue weighted by Gasteiger charge is -2.09. The first-order chi connectivity index (χ1) is 14.6. The molecule has 1 fully saturated rings. The SMILES string of the molecule is CCN1C(=O)/C(=C/c2cn(CCOc3cccc(OC)c3)c3ccccc23)SC1=S. The molecule has 0 N–H and O–H groups in total. The van der Waals surface area contributed by atoms with Crippen LogP contribution in [-0.2, 0) is 11.3 Å². The van der Waals surface area contributed by atoms with Crippen LogP contribution in [0.4, 0.5) is 0 Å². The van der Waals surface area contributed by atoms with E-state index in [1.165, 1.54) is 11.8 Å². The van der Waals surface area contributed by atoms with Gasteiger partial charge in [-0.2, -0.15) is 0 Å². The van der Waals surface area contributed by atoms with Crippen molar-refractivity contribution in [3.8, 4) is 11.5 Å². The van der Waals surface area contributed by atoms with E-state index in [1.807, 2.05) is 49.4 Å². The molecule has 1 aromatic heterocycles. The highest BCUT2D eigenvalue weighted by molar-refractivity contribution is 8.26. The summed E-state index contributed by atoms with van der Waals surface area (Å²) in [4.78, 5) is 14.9. The Kier molecular flexibility index (Phi) is 6.11.